The van der Waals surface area contributed by atoms with E-state index in [1.54, 1.807) is 71.9 Å². The van der Waals surface area contributed by atoms with Gasteiger partial charge in [0.1, 0.15) is 22.5 Å². The number of aromatic hydroxyl groups is 1. The standard InChI is InChI=1S/C45H55FN2O11/c1-19(2)28-15-16-29-43(34(28)46)59-44-35(47-29)32-31(26(9)49)42-25(8)40(53)33(32)41(54)36(44)48-45(55)21(4)14-12-13-20(3)37(50)23(6)39(52)24(7)38(51)22(5)30(56-11)17-18-57-27(10)58-42/h12-20,22-24,27,30,37-39,50-52,54H,1-11H3,(H,48,55)/b13-12+,18-17+,21-14-/t20-,22+,23+,24-,27+,30-,37-,38+,39+/m0/s1. The Balaban J connectivity index is 1.81. The summed E-state index contributed by atoms with van der Waals surface area (Å²) in [7, 11) is 1.45. The monoisotopic (exact) mass is 818 g/mol. The molecular weight excluding hydrogens is 763 g/mol. The lowest BCUT2D eigenvalue weighted by Gasteiger charge is -2.36. The van der Waals surface area contributed by atoms with Crippen LogP contribution in [-0.2, 0) is 14.3 Å². The molecule has 1 aromatic heterocycles. The maximum absolute atomic E-state index is 16.0. The zero-order valence-corrected chi connectivity index (χ0v) is 35.3. The Bertz CT molecular complexity index is 2420. The molecule has 3 aromatic carbocycles. The van der Waals surface area contributed by atoms with Gasteiger partial charge in [-0.05, 0) is 44.4 Å². The van der Waals surface area contributed by atoms with Gasteiger partial charge < -0.3 is 44.4 Å². The summed E-state index contributed by atoms with van der Waals surface area (Å²) in [6.45, 7) is 16.1. The van der Waals surface area contributed by atoms with E-state index in [9.17, 15) is 34.8 Å². The van der Waals surface area contributed by atoms with Crippen LogP contribution >= 0.6 is 0 Å². The minimum atomic E-state index is -1.12. The molecule has 2 aliphatic rings. The van der Waals surface area contributed by atoms with E-state index in [2.05, 4.69) is 5.32 Å². The fourth-order valence-corrected chi connectivity index (χ4v) is 7.68. The van der Waals surface area contributed by atoms with Crippen LogP contribution in [0.25, 0.3) is 33.0 Å². The van der Waals surface area contributed by atoms with Gasteiger partial charge in [-0.3, -0.25) is 14.4 Å². The molecule has 4 aromatic rings. The number of phenols is 1. The van der Waals surface area contributed by atoms with Gasteiger partial charge in [0.05, 0.1) is 41.6 Å². The van der Waals surface area contributed by atoms with Crippen LogP contribution in [0.15, 0.2) is 57.5 Å². The van der Waals surface area contributed by atoms with Gasteiger partial charge in [-0.1, -0.05) is 65.8 Å². The summed E-state index contributed by atoms with van der Waals surface area (Å²) < 4.78 is 39.8. The van der Waals surface area contributed by atoms with Gasteiger partial charge in [-0.15, -0.1) is 0 Å². The molecule has 14 heteroatoms. The van der Waals surface area contributed by atoms with Crippen molar-refractivity contribution in [3.8, 4) is 11.5 Å². The summed E-state index contributed by atoms with van der Waals surface area (Å²) >= 11 is 0. The number of hydrogen-bond acceptors (Lipinski definition) is 12. The lowest BCUT2D eigenvalue weighted by Crippen LogP contribution is -2.44. The molecule has 1 amide bonds. The van der Waals surface area contributed by atoms with E-state index in [4.69, 9.17) is 23.6 Å². The molecule has 13 nitrogen and oxygen atoms in total. The van der Waals surface area contributed by atoms with E-state index in [1.807, 2.05) is 0 Å². The van der Waals surface area contributed by atoms with E-state index < -0.39 is 83.1 Å². The molecule has 5 N–H and O–H groups in total. The summed E-state index contributed by atoms with van der Waals surface area (Å²) in [5.41, 5.74) is -1.56. The maximum atomic E-state index is 16.0. The molecular formula is C45H55FN2O11. The number of hydrogen-bond donors (Lipinski definition) is 5. The maximum Gasteiger partial charge on any atom is 0.251 e. The normalized spacial score (nSPS) is 28.5. The minimum Gasteiger partial charge on any atom is -0.505 e. The molecule has 0 unspecified atom stereocenters. The minimum absolute atomic E-state index is 0.0419. The van der Waals surface area contributed by atoms with Crippen molar-refractivity contribution in [3.63, 3.8) is 0 Å². The number of anilines is 1. The number of aromatic nitrogens is 1. The first-order valence-corrected chi connectivity index (χ1v) is 19.7. The summed E-state index contributed by atoms with van der Waals surface area (Å²) in [4.78, 5) is 46.4. The van der Waals surface area contributed by atoms with Crippen LogP contribution in [0.3, 0.4) is 0 Å². The van der Waals surface area contributed by atoms with E-state index in [-0.39, 0.29) is 67.0 Å². The number of ether oxygens (including phenoxy) is 3. The quantitative estimate of drug-likeness (QED) is 0.0599. The molecule has 2 aliphatic heterocycles. The number of rotatable bonds is 3. The first-order chi connectivity index (χ1) is 27.7. The van der Waals surface area contributed by atoms with Gasteiger partial charge >= 0.3 is 0 Å². The predicted octanol–water partition coefficient (Wildman–Crippen LogP) is 7.33. The van der Waals surface area contributed by atoms with Crippen molar-refractivity contribution < 1.29 is 53.0 Å². The first kappa shape index (κ1) is 44.9. The third-order valence-electron chi connectivity index (χ3n) is 11.5. The van der Waals surface area contributed by atoms with Crippen LogP contribution in [0, 0.1) is 36.4 Å². The smallest absolute Gasteiger partial charge is 0.251 e. The number of carbonyl (C=O) groups excluding carboxylic acids is 2. The number of aliphatic hydroxyl groups is 3. The lowest BCUT2D eigenvalue weighted by atomic mass is 9.78. The molecule has 9 atom stereocenters. The molecule has 0 radical (unpaired) electrons. The Kier molecular flexibility index (Phi) is 13.7. The van der Waals surface area contributed by atoms with Gasteiger partial charge in [0.15, 0.2) is 33.9 Å². The van der Waals surface area contributed by atoms with E-state index in [0.29, 0.717) is 5.56 Å². The third-order valence-corrected chi connectivity index (χ3v) is 11.5. The van der Waals surface area contributed by atoms with E-state index in [0.717, 1.165) is 0 Å². The molecule has 0 saturated carbocycles. The second kappa shape index (κ2) is 18.0. The molecule has 0 saturated heterocycles. The van der Waals surface area contributed by atoms with Gasteiger partial charge in [0, 0.05) is 54.2 Å². The highest BCUT2D eigenvalue weighted by Crippen LogP contribution is 2.45. The van der Waals surface area contributed by atoms with Gasteiger partial charge in [-0.2, -0.15) is 0 Å². The van der Waals surface area contributed by atoms with Gasteiger partial charge in [0.25, 0.3) is 5.91 Å². The second-order valence-corrected chi connectivity index (χ2v) is 16.0. The predicted molar refractivity (Wildman–Crippen MR) is 223 cm³/mol. The number of amides is 1. The number of aliphatic hydroxyl groups excluding tert-OH is 3. The molecule has 0 aliphatic carbocycles. The third kappa shape index (κ3) is 8.63. The Morgan fingerprint density at radius 1 is 0.932 bits per heavy atom. The van der Waals surface area contributed by atoms with Gasteiger partial charge in [-0.25, -0.2) is 9.37 Å². The zero-order chi connectivity index (χ0) is 43.8. The molecule has 0 fully saturated rings. The number of carbonyl (C=O) groups is 2. The highest BCUT2D eigenvalue weighted by atomic mass is 19.1. The van der Waals surface area contributed by atoms with E-state index >= 15 is 4.39 Å². The Morgan fingerprint density at radius 2 is 1.58 bits per heavy atom. The summed E-state index contributed by atoms with van der Waals surface area (Å²) in [5.74, 6) is -5.59. The lowest BCUT2D eigenvalue weighted by molar-refractivity contribution is -0.112. The molecule has 3 heterocycles. The number of ketones is 1. The van der Waals surface area contributed by atoms with Crippen molar-refractivity contribution >= 4 is 50.3 Å². The fourth-order valence-electron chi connectivity index (χ4n) is 7.68. The van der Waals surface area contributed by atoms with Crippen molar-refractivity contribution in [1.82, 2.24) is 4.98 Å². The number of nitrogens with one attached hydrogen (secondary N) is 1. The molecule has 4 bridgehead atoms. The molecule has 0 spiro atoms. The van der Waals surface area contributed by atoms with Crippen molar-refractivity contribution in [3.05, 3.63) is 81.0 Å². The first-order valence-electron chi connectivity index (χ1n) is 19.7. The van der Waals surface area contributed by atoms with Crippen LogP contribution in [0.4, 0.5) is 10.1 Å². The number of nitrogens with zero attached hydrogens (tertiary/aromatic N) is 1. The number of phenolic OH excluding ortho intramolecular Hbond substituents is 1. The second-order valence-electron chi connectivity index (χ2n) is 16.0. The molecule has 318 valence electrons. The van der Waals surface area contributed by atoms with Crippen LogP contribution in [-0.4, -0.2) is 74.9 Å². The summed E-state index contributed by atoms with van der Waals surface area (Å²) in [5, 5.41) is 47.9. The van der Waals surface area contributed by atoms with Crippen molar-refractivity contribution in [2.75, 3.05) is 12.4 Å². The number of Topliss-reactive ketones (excluding diaryl/α,β-unsaturated/α-hetero) is 1. The molecule has 59 heavy (non-hydrogen) atoms. The van der Waals surface area contributed by atoms with Crippen molar-refractivity contribution in [1.29, 1.82) is 0 Å². The topological polar surface area (TPSA) is 198 Å². The Labute approximate surface area is 342 Å². The number of halogens is 1. The van der Waals surface area contributed by atoms with Crippen molar-refractivity contribution in [2.45, 2.75) is 106 Å². The SMILES string of the molecule is CO[C@H]1/C=C/O[C@@H](C)Oc2c(C)c(=O)c3c(O)c(c4oc5c(F)c(C(C)C)ccc5nc4c3c2C(C)=O)NC(=O)/C(C)=C\C=C\[C@H](C)[C@H](O)[C@@H](C)[C@@H](O)[C@@H](C)[C@H](O)[C@@H]1C. The summed E-state index contributed by atoms with van der Waals surface area (Å²) in [6.07, 6.45) is 2.48. The Hall–Kier alpha value is -5.15. The zero-order valence-electron chi connectivity index (χ0n) is 35.3. The average molecular weight is 819 g/mol. The highest BCUT2D eigenvalue weighted by molar-refractivity contribution is 6.24. The largest absolute Gasteiger partial charge is 0.505 e. The van der Waals surface area contributed by atoms with Crippen molar-refractivity contribution in [2.24, 2.45) is 23.7 Å². The average Bonchev–Trinajstić information content (AvgIpc) is 3.19. The molecule has 6 rings (SSSR count). The van der Waals surface area contributed by atoms with Crippen LogP contribution in [0.1, 0.15) is 89.7 Å². The Morgan fingerprint density at radius 3 is 2.20 bits per heavy atom. The number of benzene rings is 3. The highest BCUT2D eigenvalue weighted by Gasteiger charge is 2.37. The number of methoxy groups -OCH3 is 1. The van der Waals surface area contributed by atoms with Crippen LogP contribution in [0.5, 0.6) is 11.5 Å². The van der Waals surface area contributed by atoms with Crippen LogP contribution in [0.2, 0.25) is 0 Å². The fraction of sp³-hybridized carbons (Fsp3) is 0.467. The number of allylic oxidation sites excluding steroid dienone is 2. The summed E-state index contributed by atoms with van der Waals surface area (Å²) in [6, 6.07) is 3.10. The van der Waals surface area contributed by atoms with Crippen LogP contribution < -0.4 is 15.5 Å². The van der Waals surface area contributed by atoms with Gasteiger partial charge in [0.2, 0.25) is 6.29 Å². The number of fused-ring (bicyclic) bond motifs is 17. The van der Waals surface area contributed by atoms with E-state index in [1.165, 1.54) is 47.1 Å².